The summed E-state index contributed by atoms with van der Waals surface area (Å²) in [4.78, 5) is 12.4. The van der Waals surface area contributed by atoms with Gasteiger partial charge in [-0.25, -0.2) is 0 Å². The largest absolute Gasteiger partial charge is 0.493 e. The van der Waals surface area contributed by atoms with Gasteiger partial charge in [0.1, 0.15) is 0 Å². The summed E-state index contributed by atoms with van der Waals surface area (Å²) in [7, 11) is 1.61. The standard InChI is InChI=1S/C22H25BrN4O3S/c1-14(2)27-21(15(3)30-19-12-8-7-11-18(19)29-4)25-26-22(27)31-13-20(28)24-17-10-6-5-9-16(17)23/h5-12,14-15H,13H2,1-4H3,(H,24,28). The van der Waals surface area contributed by atoms with Crippen molar-refractivity contribution in [3.05, 3.63) is 58.8 Å². The minimum absolute atomic E-state index is 0.0996. The first-order valence-corrected chi connectivity index (χ1v) is 11.6. The third-order valence-corrected chi connectivity index (χ3v) is 6.06. The van der Waals surface area contributed by atoms with E-state index >= 15 is 0 Å². The predicted molar refractivity (Wildman–Crippen MR) is 126 cm³/mol. The summed E-state index contributed by atoms with van der Waals surface area (Å²) in [5.74, 6) is 2.08. The lowest BCUT2D eigenvalue weighted by Gasteiger charge is -2.19. The maximum absolute atomic E-state index is 12.4. The number of nitrogens with zero attached hydrogens (tertiary/aromatic N) is 3. The van der Waals surface area contributed by atoms with Crippen molar-refractivity contribution in [3.8, 4) is 11.5 Å². The first kappa shape index (κ1) is 23.1. The Kier molecular flexibility index (Phi) is 7.97. The molecule has 7 nitrogen and oxygen atoms in total. The average Bonchev–Trinajstić information content (AvgIpc) is 3.19. The lowest BCUT2D eigenvalue weighted by molar-refractivity contribution is -0.113. The number of anilines is 1. The molecule has 3 rings (SSSR count). The molecule has 0 radical (unpaired) electrons. The lowest BCUT2D eigenvalue weighted by Crippen LogP contribution is -2.17. The van der Waals surface area contributed by atoms with E-state index in [0.29, 0.717) is 22.5 Å². The number of aromatic nitrogens is 3. The molecule has 0 aliphatic carbocycles. The van der Waals surface area contributed by atoms with E-state index in [0.717, 1.165) is 10.2 Å². The highest BCUT2D eigenvalue weighted by Gasteiger charge is 2.23. The first-order valence-electron chi connectivity index (χ1n) is 9.82. The normalized spacial score (nSPS) is 11.9. The number of ether oxygens (including phenoxy) is 2. The molecular formula is C22H25BrN4O3S. The summed E-state index contributed by atoms with van der Waals surface area (Å²) in [5.41, 5.74) is 0.734. The van der Waals surface area contributed by atoms with Crippen LogP contribution in [0.1, 0.15) is 38.7 Å². The second-order valence-corrected chi connectivity index (χ2v) is 8.83. The van der Waals surface area contributed by atoms with Crippen LogP contribution in [0.15, 0.2) is 58.2 Å². The Labute approximate surface area is 194 Å². The molecule has 0 bridgehead atoms. The molecule has 0 aliphatic heterocycles. The first-order chi connectivity index (χ1) is 14.9. The van der Waals surface area contributed by atoms with Crippen molar-refractivity contribution in [3.63, 3.8) is 0 Å². The van der Waals surface area contributed by atoms with Crippen LogP contribution in [0.5, 0.6) is 11.5 Å². The van der Waals surface area contributed by atoms with Crippen molar-refractivity contribution in [1.29, 1.82) is 0 Å². The van der Waals surface area contributed by atoms with E-state index < -0.39 is 0 Å². The molecule has 1 amide bonds. The maximum atomic E-state index is 12.4. The van der Waals surface area contributed by atoms with Crippen LogP contribution in [0.25, 0.3) is 0 Å². The van der Waals surface area contributed by atoms with Gasteiger partial charge in [-0.05, 0) is 61.0 Å². The van der Waals surface area contributed by atoms with E-state index in [2.05, 4.69) is 31.4 Å². The third kappa shape index (κ3) is 5.80. The summed E-state index contributed by atoms with van der Waals surface area (Å²) in [5, 5.41) is 12.2. The smallest absolute Gasteiger partial charge is 0.234 e. The molecule has 3 aromatic rings. The molecule has 0 fully saturated rings. The quantitative estimate of drug-likeness (QED) is 0.387. The van der Waals surface area contributed by atoms with E-state index in [-0.39, 0.29) is 23.8 Å². The van der Waals surface area contributed by atoms with E-state index in [1.165, 1.54) is 11.8 Å². The Morgan fingerprint density at radius 1 is 1.10 bits per heavy atom. The third-order valence-electron chi connectivity index (χ3n) is 4.42. The van der Waals surface area contributed by atoms with Crippen LogP contribution in [0, 0.1) is 0 Å². The van der Waals surface area contributed by atoms with Crippen LogP contribution in [0.2, 0.25) is 0 Å². The zero-order valence-corrected chi connectivity index (χ0v) is 20.2. The second-order valence-electron chi connectivity index (χ2n) is 7.03. The lowest BCUT2D eigenvalue weighted by atomic mass is 10.3. The molecular weight excluding hydrogens is 480 g/mol. The molecule has 1 unspecified atom stereocenters. The van der Waals surface area contributed by atoms with Crippen molar-refractivity contribution in [2.75, 3.05) is 18.2 Å². The summed E-state index contributed by atoms with van der Waals surface area (Å²) >= 11 is 4.78. The van der Waals surface area contributed by atoms with Crippen molar-refractivity contribution in [2.45, 2.75) is 38.1 Å². The number of methoxy groups -OCH3 is 1. The maximum Gasteiger partial charge on any atom is 0.234 e. The summed E-state index contributed by atoms with van der Waals surface area (Å²) < 4.78 is 14.3. The molecule has 9 heteroatoms. The minimum atomic E-state index is -0.352. The molecule has 31 heavy (non-hydrogen) atoms. The number of nitrogens with one attached hydrogen (secondary N) is 1. The van der Waals surface area contributed by atoms with Crippen LogP contribution in [0.4, 0.5) is 5.69 Å². The Hall–Kier alpha value is -2.52. The van der Waals surface area contributed by atoms with Crippen molar-refractivity contribution >= 4 is 39.3 Å². The molecule has 0 aliphatic rings. The molecule has 2 aromatic carbocycles. The van der Waals surface area contributed by atoms with E-state index in [9.17, 15) is 4.79 Å². The van der Waals surface area contributed by atoms with Crippen molar-refractivity contribution in [2.24, 2.45) is 0 Å². The number of thioether (sulfide) groups is 1. The van der Waals surface area contributed by atoms with Gasteiger partial charge < -0.3 is 19.4 Å². The van der Waals surface area contributed by atoms with Crippen molar-refractivity contribution < 1.29 is 14.3 Å². The minimum Gasteiger partial charge on any atom is -0.493 e. The highest BCUT2D eigenvalue weighted by atomic mass is 79.9. The number of hydrogen-bond donors (Lipinski definition) is 1. The second kappa shape index (κ2) is 10.7. The summed E-state index contributed by atoms with van der Waals surface area (Å²) in [6, 6.07) is 15.1. The van der Waals surface area contributed by atoms with Gasteiger partial charge in [0.2, 0.25) is 5.91 Å². The molecule has 1 heterocycles. The van der Waals surface area contributed by atoms with Crippen LogP contribution in [-0.2, 0) is 4.79 Å². The van der Waals surface area contributed by atoms with Crippen LogP contribution in [0.3, 0.4) is 0 Å². The van der Waals surface area contributed by atoms with Gasteiger partial charge in [0, 0.05) is 10.5 Å². The van der Waals surface area contributed by atoms with Gasteiger partial charge in [-0.1, -0.05) is 36.0 Å². The molecule has 1 N–H and O–H groups in total. The fraction of sp³-hybridized carbons (Fsp3) is 0.318. The number of rotatable bonds is 9. The average molecular weight is 505 g/mol. The number of halogens is 1. The number of carbonyl (C=O) groups is 1. The zero-order valence-electron chi connectivity index (χ0n) is 17.8. The van der Waals surface area contributed by atoms with Gasteiger partial charge >= 0.3 is 0 Å². The number of benzene rings is 2. The highest BCUT2D eigenvalue weighted by molar-refractivity contribution is 9.10. The Balaban J connectivity index is 1.71. The number of amides is 1. The monoisotopic (exact) mass is 504 g/mol. The molecule has 0 saturated heterocycles. The van der Waals surface area contributed by atoms with Crippen LogP contribution < -0.4 is 14.8 Å². The Morgan fingerprint density at radius 2 is 1.77 bits per heavy atom. The summed E-state index contributed by atoms with van der Waals surface area (Å²) in [6.45, 7) is 6.02. The molecule has 164 valence electrons. The van der Waals surface area contributed by atoms with Gasteiger partial charge in [-0.2, -0.15) is 0 Å². The zero-order chi connectivity index (χ0) is 22.4. The van der Waals surface area contributed by atoms with E-state index in [1.54, 1.807) is 7.11 Å². The fourth-order valence-electron chi connectivity index (χ4n) is 2.99. The van der Waals surface area contributed by atoms with E-state index in [1.807, 2.05) is 73.9 Å². The summed E-state index contributed by atoms with van der Waals surface area (Å²) in [6.07, 6.45) is -0.352. The number of hydrogen-bond acceptors (Lipinski definition) is 6. The topological polar surface area (TPSA) is 78.3 Å². The fourth-order valence-corrected chi connectivity index (χ4v) is 4.25. The SMILES string of the molecule is COc1ccccc1OC(C)c1nnc(SCC(=O)Nc2ccccc2Br)n1C(C)C. The van der Waals surface area contributed by atoms with Crippen molar-refractivity contribution in [1.82, 2.24) is 14.8 Å². The van der Waals surface area contributed by atoms with Gasteiger partial charge in [-0.3, -0.25) is 4.79 Å². The molecule has 1 aromatic heterocycles. The predicted octanol–water partition coefficient (Wildman–Crippen LogP) is 5.50. The van der Waals surface area contributed by atoms with Gasteiger partial charge in [-0.15, -0.1) is 10.2 Å². The number of para-hydroxylation sites is 3. The molecule has 0 saturated carbocycles. The van der Waals surface area contributed by atoms with Gasteiger partial charge in [0.25, 0.3) is 0 Å². The molecule has 1 atom stereocenters. The van der Waals surface area contributed by atoms with E-state index in [4.69, 9.17) is 9.47 Å². The van der Waals surface area contributed by atoms with Gasteiger partial charge in [0.05, 0.1) is 18.6 Å². The Morgan fingerprint density at radius 3 is 2.45 bits per heavy atom. The van der Waals surface area contributed by atoms with Gasteiger partial charge in [0.15, 0.2) is 28.6 Å². The Bertz CT molecular complexity index is 1040. The molecule has 0 spiro atoms. The number of carbonyl (C=O) groups excluding carboxylic acids is 1. The van der Waals surface area contributed by atoms with Crippen LogP contribution >= 0.6 is 27.7 Å². The highest BCUT2D eigenvalue weighted by Crippen LogP contribution is 2.32. The van der Waals surface area contributed by atoms with Crippen LogP contribution in [-0.4, -0.2) is 33.5 Å².